The summed E-state index contributed by atoms with van der Waals surface area (Å²) in [5.74, 6) is -0.351. The smallest absolute Gasteiger partial charge is 0.276 e. The molecule has 0 saturated carbocycles. The van der Waals surface area contributed by atoms with Gasteiger partial charge in [-0.2, -0.15) is 5.10 Å². The number of carbonyl (C=O) groups is 1. The number of amides is 1. The Balaban J connectivity index is 2.30. The quantitative estimate of drug-likeness (QED) is 0.853. The molecule has 0 aliphatic rings. The van der Waals surface area contributed by atoms with Crippen molar-refractivity contribution < 1.29 is 4.79 Å². The second-order valence-electron chi connectivity index (χ2n) is 4.51. The van der Waals surface area contributed by atoms with Gasteiger partial charge in [-0.1, -0.05) is 6.92 Å². The highest BCUT2D eigenvalue weighted by atomic mass is 16.2. The molecule has 0 unspecified atom stereocenters. The van der Waals surface area contributed by atoms with Crippen LogP contribution in [0.1, 0.15) is 23.1 Å². The van der Waals surface area contributed by atoms with Crippen LogP contribution in [0.3, 0.4) is 0 Å². The molecule has 0 aliphatic heterocycles. The molecule has 2 aromatic rings. The fraction of sp³-hybridized carbons (Fsp3) is 0.308. The zero-order valence-electron chi connectivity index (χ0n) is 11.7. The number of aromatic nitrogens is 3. The Kier molecular flexibility index (Phi) is 3.60. The molecule has 0 spiro atoms. The molecule has 106 valence electrons. The number of anilines is 2. The normalized spacial score (nSPS) is 10.6. The molecule has 20 heavy (non-hydrogen) atoms. The van der Waals surface area contributed by atoms with Gasteiger partial charge < -0.3 is 15.6 Å². The lowest BCUT2D eigenvalue weighted by Crippen LogP contribution is -2.20. The molecule has 0 radical (unpaired) electrons. The molecule has 7 nitrogen and oxygen atoms in total. The van der Waals surface area contributed by atoms with Crippen LogP contribution in [0.25, 0.3) is 0 Å². The molecule has 2 rings (SSSR count). The molecule has 0 aliphatic carbocycles. The van der Waals surface area contributed by atoms with Gasteiger partial charge in [-0.3, -0.25) is 14.3 Å². The van der Waals surface area contributed by atoms with E-state index in [1.54, 1.807) is 26.4 Å². The Labute approximate surface area is 116 Å². The second kappa shape index (κ2) is 5.20. The van der Waals surface area contributed by atoms with E-state index in [2.05, 4.69) is 10.4 Å². The van der Waals surface area contributed by atoms with Crippen molar-refractivity contribution in [2.75, 3.05) is 11.1 Å². The summed E-state index contributed by atoms with van der Waals surface area (Å²) in [7, 11) is 3.29. The molecule has 2 aromatic heterocycles. The lowest BCUT2D eigenvalue weighted by Gasteiger charge is -2.07. The maximum Gasteiger partial charge on any atom is 0.276 e. The summed E-state index contributed by atoms with van der Waals surface area (Å²) in [5, 5.41) is 6.90. The van der Waals surface area contributed by atoms with Gasteiger partial charge in [0.1, 0.15) is 5.69 Å². The van der Waals surface area contributed by atoms with Crippen molar-refractivity contribution in [1.82, 2.24) is 14.3 Å². The molecule has 2 heterocycles. The number of hydrogen-bond donors (Lipinski definition) is 2. The summed E-state index contributed by atoms with van der Waals surface area (Å²) in [6.07, 6.45) is 2.21. The SMILES string of the molecule is CCc1nn(C)c(C(=O)Nc2ccc(=O)n(C)c2)c1N. The summed E-state index contributed by atoms with van der Waals surface area (Å²) >= 11 is 0. The van der Waals surface area contributed by atoms with Crippen molar-refractivity contribution in [1.29, 1.82) is 0 Å². The van der Waals surface area contributed by atoms with Crippen molar-refractivity contribution in [2.24, 2.45) is 14.1 Å². The minimum absolute atomic E-state index is 0.142. The molecule has 7 heteroatoms. The first-order chi connectivity index (χ1) is 9.43. The van der Waals surface area contributed by atoms with Crippen molar-refractivity contribution in [3.05, 3.63) is 40.1 Å². The topological polar surface area (TPSA) is 94.9 Å². The molecule has 0 bridgehead atoms. The van der Waals surface area contributed by atoms with E-state index < -0.39 is 0 Å². The number of nitrogen functional groups attached to an aromatic ring is 1. The third kappa shape index (κ3) is 2.42. The Hall–Kier alpha value is -2.57. The highest BCUT2D eigenvalue weighted by Crippen LogP contribution is 2.18. The van der Waals surface area contributed by atoms with E-state index in [4.69, 9.17) is 5.73 Å². The maximum absolute atomic E-state index is 12.2. The standard InChI is InChI=1S/C13H17N5O2/c1-4-9-11(14)12(18(3)16-9)13(20)15-8-5-6-10(19)17(2)7-8/h5-7H,4,14H2,1-3H3,(H,15,20). The van der Waals surface area contributed by atoms with Gasteiger partial charge in [0.25, 0.3) is 5.91 Å². The number of aryl methyl sites for hydroxylation is 3. The monoisotopic (exact) mass is 275 g/mol. The minimum Gasteiger partial charge on any atom is -0.395 e. The zero-order chi connectivity index (χ0) is 14.9. The third-order valence-corrected chi connectivity index (χ3v) is 3.05. The van der Waals surface area contributed by atoms with Gasteiger partial charge in [-0.25, -0.2) is 0 Å². The molecular formula is C13H17N5O2. The fourth-order valence-corrected chi connectivity index (χ4v) is 1.98. The van der Waals surface area contributed by atoms with Crippen LogP contribution in [-0.2, 0) is 20.5 Å². The Morgan fingerprint density at radius 1 is 1.40 bits per heavy atom. The second-order valence-corrected chi connectivity index (χ2v) is 4.51. The van der Waals surface area contributed by atoms with Crippen LogP contribution >= 0.6 is 0 Å². The predicted molar refractivity (Wildman–Crippen MR) is 76.6 cm³/mol. The van der Waals surface area contributed by atoms with Crippen LogP contribution in [0.4, 0.5) is 11.4 Å². The average molecular weight is 275 g/mol. The molecule has 0 saturated heterocycles. The number of nitrogens with two attached hydrogens (primary N) is 1. The van der Waals surface area contributed by atoms with Gasteiger partial charge in [-0.15, -0.1) is 0 Å². The number of rotatable bonds is 3. The van der Waals surface area contributed by atoms with Gasteiger partial charge in [0, 0.05) is 26.4 Å². The number of carbonyl (C=O) groups excluding carboxylic acids is 1. The van der Waals surface area contributed by atoms with Gasteiger partial charge in [-0.05, 0) is 12.5 Å². The largest absolute Gasteiger partial charge is 0.395 e. The van der Waals surface area contributed by atoms with Gasteiger partial charge in [0.15, 0.2) is 0 Å². The van der Waals surface area contributed by atoms with Gasteiger partial charge in [0.05, 0.1) is 17.1 Å². The van der Waals surface area contributed by atoms with Crippen molar-refractivity contribution in [3.8, 4) is 0 Å². The van der Waals surface area contributed by atoms with Crippen LogP contribution in [0, 0.1) is 0 Å². The Morgan fingerprint density at radius 2 is 2.10 bits per heavy atom. The van der Waals surface area contributed by atoms with Gasteiger partial charge >= 0.3 is 0 Å². The molecular weight excluding hydrogens is 258 g/mol. The van der Waals surface area contributed by atoms with Crippen molar-refractivity contribution >= 4 is 17.3 Å². The lowest BCUT2D eigenvalue weighted by atomic mass is 10.2. The van der Waals surface area contributed by atoms with E-state index in [0.717, 1.165) is 0 Å². The Bertz CT molecular complexity index is 714. The molecule has 3 N–H and O–H groups in total. The van der Waals surface area contributed by atoms with Crippen LogP contribution in [0.2, 0.25) is 0 Å². The van der Waals surface area contributed by atoms with E-state index in [1.165, 1.54) is 15.3 Å². The summed E-state index contributed by atoms with van der Waals surface area (Å²) in [6.45, 7) is 1.92. The first kappa shape index (κ1) is 13.9. The number of nitrogens with one attached hydrogen (secondary N) is 1. The molecule has 0 fully saturated rings. The van der Waals surface area contributed by atoms with E-state index in [9.17, 15) is 9.59 Å². The van der Waals surface area contributed by atoms with Crippen molar-refractivity contribution in [2.45, 2.75) is 13.3 Å². The molecule has 1 amide bonds. The highest BCUT2D eigenvalue weighted by Gasteiger charge is 2.19. The predicted octanol–water partition coefficient (Wildman–Crippen LogP) is 0.516. The van der Waals surface area contributed by atoms with E-state index in [0.29, 0.717) is 29.2 Å². The first-order valence-electron chi connectivity index (χ1n) is 6.23. The molecule has 0 aromatic carbocycles. The first-order valence-corrected chi connectivity index (χ1v) is 6.23. The molecule has 0 atom stereocenters. The van der Waals surface area contributed by atoms with E-state index >= 15 is 0 Å². The van der Waals surface area contributed by atoms with Crippen LogP contribution in [0.15, 0.2) is 23.1 Å². The summed E-state index contributed by atoms with van der Waals surface area (Å²) in [6, 6.07) is 2.94. The Morgan fingerprint density at radius 3 is 2.65 bits per heavy atom. The van der Waals surface area contributed by atoms with Crippen LogP contribution < -0.4 is 16.6 Å². The summed E-state index contributed by atoms with van der Waals surface area (Å²) in [5.41, 5.74) is 7.70. The van der Waals surface area contributed by atoms with Crippen molar-refractivity contribution in [3.63, 3.8) is 0 Å². The number of hydrogen-bond acceptors (Lipinski definition) is 4. The summed E-state index contributed by atoms with van der Waals surface area (Å²) in [4.78, 5) is 23.5. The van der Waals surface area contributed by atoms with Gasteiger partial charge in [0.2, 0.25) is 5.56 Å². The van der Waals surface area contributed by atoms with E-state index in [-0.39, 0.29) is 11.5 Å². The average Bonchev–Trinajstić information content (AvgIpc) is 2.68. The minimum atomic E-state index is -0.351. The zero-order valence-corrected chi connectivity index (χ0v) is 11.7. The number of pyridine rings is 1. The highest BCUT2D eigenvalue weighted by molar-refractivity contribution is 6.06. The fourth-order valence-electron chi connectivity index (χ4n) is 1.98. The van der Waals surface area contributed by atoms with Crippen LogP contribution in [0.5, 0.6) is 0 Å². The summed E-state index contributed by atoms with van der Waals surface area (Å²) < 4.78 is 2.85. The van der Waals surface area contributed by atoms with E-state index in [1.807, 2.05) is 6.92 Å². The lowest BCUT2D eigenvalue weighted by molar-refractivity contribution is 0.101. The number of nitrogens with zero attached hydrogens (tertiary/aromatic N) is 3. The van der Waals surface area contributed by atoms with Crippen LogP contribution in [-0.4, -0.2) is 20.3 Å². The maximum atomic E-state index is 12.2. The third-order valence-electron chi connectivity index (χ3n) is 3.05.